The molecule has 0 N–H and O–H groups in total. The molecule has 0 radical (unpaired) electrons. The molecule has 13 heavy (non-hydrogen) atoms. The van der Waals surface area contributed by atoms with Gasteiger partial charge in [-0.15, -0.1) is 11.3 Å². The maximum absolute atomic E-state index is 10.7. The van der Waals surface area contributed by atoms with Crippen molar-refractivity contribution >= 4 is 27.2 Å². The van der Waals surface area contributed by atoms with E-state index < -0.39 is 10.1 Å². The standard InChI is InChI=1S/C6H6O4S2.Na/c1-4(7)5-2-3-6(11-5)12(8,9)10;/h2-3H,1H3,(H,8,9,10);/q;+1/p-1. The Balaban J connectivity index is 0.00000144. The molecular weight excluding hydrogens is 223 g/mol. The van der Waals surface area contributed by atoms with E-state index in [0.29, 0.717) is 11.3 Å². The molecule has 0 aromatic carbocycles. The largest absolute Gasteiger partial charge is 1.00 e. The van der Waals surface area contributed by atoms with E-state index in [1.54, 1.807) is 0 Å². The first-order valence-electron chi connectivity index (χ1n) is 2.98. The molecule has 0 aliphatic heterocycles. The molecule has 0 atom stereocenters. The summed E-state index contributed by atoms with van der Waals surface area (Å²) in [6.45, 7) is 1.31. The first kappa shape index (κ1) is 13.3. The summed E-state index contributed by atoms with van der Waals surface area (Å²) in [6, 6.07) is 2.47. The molecule has 66 valence electrons. The van der Waals surface area contributed by atoms with E-state index >= 15 is 0 Å². The summed E-state index contributed by atoms with van der Waals surface area (Å²) in [7, 11) is -4.40. The van der Waals surface area contributed by atoms with Crippen LogP contribution in [0.25, 0.3) is 0 Å². The Morgan fingerprint density at radius 1 is 1.46 bits per heavy atom. The van der Waals surface area contributed by atoms with E-state index in [1.165, 1.54) is 13.0 Å². The van der Waals surface area contributed by atoms with Gasteiger partial charge in [-0.1, -0.05) is 0 Å². The molecule has 1 aromatic heterocycles. The van der Waals surface area contributed by atoms with Gasteiger partial charge in [0, 0.05) is 0 Å². The van der Waals surface area contributed by atoms with Gasteiger partial charge in [0.1, 0.15) is 14.3 Å². The average Bonchev–Trinajstić information content (AvgIpc) is 2.30. The molecule has 0 unspecified atom stereocenters. The van der Waals surface area contributed by atoms with Gasteiger partial charge in [0.15, 0.2) is 5.78 Å². The van der Waals surface area contributed by atoms with Crippen LogP contribution in [0.3, 0.4) is 0 Å². The van der Waals surface area contributed by atoms with E-state index in [1.807, 2.05) is 0 Å². The Labute approximate surface area is 102 Å². The number of hydrogen-bond acceptors (Lipinski definition) is 5. The maximum atomic E-state index is 10.7. The summed E-state index contributed by atoms with van der Waals surface area (Å²) < 4.78 is 30.9. The topological polar surface area (TPSA) is 74.3 Å². The number of carbonyl (C=O) groups is 1. The molecule has 7 heteroatoms. The minimum absolute atomic E-state index is 0. The van der Waals surface area contributed by atoms with Crippen LogP contribution in [0.15, 0.2) is 16.3 Å². The summed E-state index contributed by atoms with van der Waals surface area (Å²) in [5.74, 6) is -0.241. The van der Waals surface area contributed by atoms with Crippen molar-refractivity contribution in [3.63, 3.8) is 0 Å². The van der Waals surface area contributed by atoms with Crippen LogP contribution in [-0.4, -0.2) is 18.8 Å². The average molecular weight is 228 g/mol. The van der Waals surface area contributed by atoms with Crippen LogP contribution in [0.5, 0.6) is 0 Å². The monoisotopic (exact) mass is 228 g/mol. The number of rotatable bonds is 2. The van der Waals surface area contributed by atoms with Gasteiger partial charge in [0.25, 0.3) is 0 Å². The van der Waals surface area contributed by atoms with E-state index in [4.69, 9.17) is 0 Å². The molecule has 1 rings (SSSR count). The van der Waals surface area contributed by atoms with Crippen LogP contribution in [-0.2, 0) is 10.1 Å². The second-order valence-electron chi connectivity index (χ2n) is 2.13. The smallest absolute Gasteiger partial charge is 0.743 e. The van der Waals surface area contributed by atoms with Crippen molar-refractivity contribution in [1.82, 2.24) is 0 Å². The molecule has 0 saturated carbocycles. The van der Waals surface area contributed by atoms with E-state index in [-0.39, 0.29) is 44.4 Å². The fourth-order valence-corrected chi connectivity index (χ4v) is 2.19. The molecule has 0 saturated heterocycles. The van der Waals surface area contributed by atoms with Gasteiger partial charge >= 0.3 is 29.6 Å². The minimum atomic E-state index is -4.40. The molecule has 0 amide bonds. The maximum Gasteiger partial charge on any atom is 1.00 e. The fourth-order valence-electron chi connectivity index (χ4n) is 0.644. The predicted molar refractivity (Wildman–Crippen MR) is 42.3 cm³/mol. The van der Waals surface area contributed by atoms with Gasteiger partial charge in [0.05, 0.1) is 4.88 Å². The summed E-state index contributed by atoms with van der Waals surface area (Å²) in [6.07, 6.45) is 0. The quantitative estimate of drug-likeness (QED) is 0.329. The van der Waals surface area contributed by atoms with Crippen molar-refractivity contribution in [2.45, 2.75) is 11.1 Å². The molecular formula is C6H5NaO4S2. The number of ketones is 1. The van der Waals surface area contributed by atoms with Crippen LogP contribution in [0.4, 0.5) is 0 Å². The normalized spacial score (nSPS) is 10.6. The van der Waals surface area contributed by atoms with Crippen LogP contribution in [0, 0.1) is 0 Å². The molecule has 1 aromatic rings. The Bertz CT molecular complexity index is 406. The molecule has 0 aliphatic carbocycles. The zero-order valence-corrected chi connectivity index (χ0v) is 10.7. The van der Waals surface area contributed by atoms with Crippen LogP contribution in [0.1, 0.15) is 16.6 Å². The molecule has 0 fully saturated rings. The van der Waals surface area contributed by atoms with Crippen molar-refractivity contribution in [2.75, 3.05) is 0 Å². The Kier molecular flexibility index (Phi) is 4.78. The number of carbonyl (C=O) groups excluding carboxylic acids is 1. The first-order chi connectivity index (χ1) is 5.41. The van der Waals surface area contributed by atoms with Crippen molar-refractivity contribution in [3.8, 4) is 0 Å². The first-order valence-corrected chi connectivity index (χ1v) is 5.20. The third-order valence-electron chi connectivity index (χ3n) is 1.17. The fraction of sp³-hybridized carbons (Fsp3) is 0.167. The molecule has 0 aliphatic rings. The Morgan fingerprint density at radius 3 is 2.23 bits per heavy atom. The molecule has 0 spiro atoms. The summed E-state index contributed by atoms with van der Waals surface area (Å²) >= 11 is 0.698. The second kappa shape index (κ2) is 4.68. The van der Waals surface area contributed by atoms with Gasteiger partial charge in [-0.3, -0.25) is 4.79 Å². The SMILES string of the molecule is CC(=O)c1ccc(S(=O)(=O)[O-])s1.[Na+]. The van der Waals surface area contributed by atoms with Gasteiger partial charge in [-0.2, -0.15) is 0 Å². The minimum Gasteiger partial charge on any atom is -0.743 e. The summed E-state index contributed by atoms with van der Waals surface area (Å²) in [5, 5.41) is 0. The van der Waals surface area contributed by atoms with Gasteiger partial charge in [0.2, 0.25) is 0 Å². The van der Waals surface area contributed by atoms with Gasteiger partial charge in [-0.25, -0.2) is 8.42 Å². The van der Waals surface area contributed by atoms with Crippen molar-refractivity contribution in [2.24, 2.45) is 0 Å². The summed E-state index contributed by atoms with van der Waals surface area (Å²) in [4.78, 5) is 11.0. The van der Waals surface area contributed by atoms with E-state index in [0.717, 1.165) is 6.07 Å². The van der Waals surface area contributed by atoms with Crippen LogP contribution in [0.2, 0.25) is 0 Å². The number of Topliss-reactive ketones (excluding diaryl/α,β-unsaturated/α-hetero) is 1. The molecule has 0 bridgehead atoms. The van der Waals surface area contributed by atoms with Crippen LogP contribution < -0.4 is 29.6 Å². The van der Waals surface area contributed by atoms with E-state index in [9.17, 15) is 17.8 Å². The Hall–Kier alpha value is 0.280. The zero-order chi connectivity index (χ0) is 9.35. The van der Waals surface area contributed by atoms with Crippen molar-refractivity contribution < 1.29 is 47.3 Å². The third-order valence-corrected chi connectivity index (χ3v) is 3.65. The van der Waals surface area contributed by atoms with Gasteiger partial charge in [-0.05, 0) is 19.1 Å². The third kappa shape index (κ3) is 3.49. The second-order valence-corrected chi connectivity index (χ2v) is 4.82. The molecule has 1 heterocycles. The van der Waals surface area contributed by atoms with Crippen molar-refractivity contribution in [3.05, 3.63) is 17.0 Å². The van der Waals surface area contributed by atoms with Gasteiger partial charge < -0.3 is 4.55 Å². The van der Waals surface area contributed by atoms with Crippen LogP contribution >= 0.6 is 11.3 Å². The molecule has 4 nitrogen and oxygen atoms in total. The number of thiophene rings is 1. The predicted octanol–water partition coefficient (Wildman–Crippen LogP) is -2.14. The number of hydrogen-bond donors (Lipinski definition) is 0. The van der Waals surface area contributed by atoms with E-state index in [2.05, 4.69) is 0 Å². The Morgan fingerprint density at radius 2 is 2.00 bits per heavy atom. The summed E-state index contributed by atoms with van der Waals surface area (Å²) in [5.41, 5.74) is 0. The van der Waals surface area contributed by atoms with Crippen molar-refractivity contribution in [1.29, 1.82) is 0 Å². The zero-order valence-electron chi connectivity index (χ0n) is 7.10.